The normalized spacial score (nSPS) is 10.5. The number of Topliss-reactive ketones (excluding diaryl/α,β-unsaturated/α-hetero) is 1. The van der Waals surface area contributed by atoms with Gasteiger partial charge in [-0.05, 0) is 6.07 Å². The molecule has 0 fully saturated rings. The fourth-order valence-electron chi connectivity index (χ4n) is 1.85. The summed E-state index contributed by atoms with van der Waals surface area (Å²) < 4.78 is 31.6. The highest BCUT2D eigenvalue weighted by molar-refractivity contribution is 7.19. The minimum atomic E-state index is -0.641. The highest BCUT2D eigenvalue weighted by Crippen LogP contribution is 2.42. The van der Waals surface area contributed by atoms with E-state index in [9.17, 15) is 13.6 Å². The van der Waals surface area contributed by atoms with Crippen molar-refractivity contribution in [1.29, 1.82) is 0 Å². The van der Waals surface area contributed by atoms with Gasteiger partial charge in [-0.15, -0.1) is 11.3 Å². The van der Waals surface area contributed by atoms with Gasteiger partial charge in [0, 0.05) is 25.1 Å². The molecular weight excluding hydrogens is 298 g/mol. The van der Waals surface area contributed by atoms with Crippen molar-refractivity contribution in [1.82, 2.24) is 0 Å². The summed E-state index contributed by atoms with van der Waals surface area (Å²) >= 11 is 1.14. The van der Waals surface area contributed by atoms with Crippen molar-refractivity contribution in [3.05, 3.63) is 40.3 Å². The third-order valence-electron chi connectivity index (χ3n) is 2.88. The monoisotopic (exact) mass is 312 g/mol. The first kappa shape index (κ1) is 15.2. The maximum Gasteiger partial charge on any atom is 0.176 e. The molecule has 2 rings (SSSR count). The number of rotatable bonds is 5. The molecule has 112 valence electrons. The minimum Gasteiger partial charge on any atom is -0.492 e. The van der Waals surface area contributed by atoms with E-state index in [0.29, 0.717) is 21.2 Å². The van der Waals surface area contributed by atoms with Crippen LogP contribution in [0.25, 0.3) is 0 Å². The summed E-state index contributed by atoms with van der Waals surface area (Å²) in [7, 11) is 1.44. The van der Waals surface area contributed by atoms with Gasteiger partial charge in [-0.1, -0.05) is 6.07 Å². The molecule has 0 unspecified atom stereocenters. The summed E-state index contributed by atoms with van der Waals surface area (Å²) in [5.41, 5.74) is 6.40. The van der Waals surface area contributed by atoms with Gasteiger partial charge >= 0.3 is 0 Å². The first-order chi connectivity index (χ1) is 9.93. The van der Waals surface area contributed by atoms with Crippen molar-refractivity contribution >= 4 is 27.8 Å². The Balaban J connectivity index is 2.23. The molecule has 0 radical (unpaired) electrons. The van der Waals surface area contributed by atoms with E-state index >= 15 is 0 Å². The lowest BCUT2D eigenvalue weighted by Gasteiger charge is -2.08. The molecule has 1 heterocycles. The van der Waals surface area contributed by atoms with Crippen molar-refractivity contribution in [2.24, 2.45) is 0 Å². The third kappa shape index (κ3) is 3.13. The number of carbonyl (C=O) groups excluding carboxylic acids is 1. The molecule has 0 amide bonds. The van der Waals surface area contributed by atoms with Crippen LogP contribution in [0.15, 0.2) is 18.2 Å². The Bertz CT molecular complexity index is 686. The standard InChI is InChI=1S/C14H14F2N2O2S/c1-7(19)13-11(17)12(20-2)14(21-13)18-6-8-3-4-9(15)5-10(8)16/h3-5,18H,6,17H2,1-2H3. The largest absolute Gasteiger partial charge is 0.492 e. The smallest absolute Gasteiger partial charge is 0.176 e. The molecule has 1 aromatic heterocycles. The predicted octanol–water partition coefficient (Wildman–Crippen LogP) is 3.43. The second kappa shape index (κ2) is 6.09. The van der Waals surface area contributed by atoms with Crippen LogP contribution >= 0.6 is 11.3 Å². The van der Waals surface area contributed by atoms with Gasteiger partial charge in [0.1, 0.15) is 16.6 Å². The van der Waals surface area contributed by atoms with Gasteiger partial charge in [-0.2, -0.15) is 0 Å². The van der Waals surface area contributed by atoms with Crippen LogP contribution in [0.3, 0.4) is 0 Å². The van der Waals surface area contributed by atoms with Crippen LogP contribution in [0.4, 0.5) is 19.5 Å². The molecule has 4 nitrogen and oxygen atoms in total. The zero-order chi connectivity index (χ0) is 15.6. The van der Waals surface area contributed by atoms with E-state index in [-0.39, 0.29) is 18.0 Å². The number of carbonyl (C=O) groups is 1. The fourth-order valence-corrected chi connectivity index (χ4v) is 2.83. The maximum atomic E-state index is 13.6. The summed E-state index contributed by atoms with van der Waals surface area (Å²) in [4.78, 5) is 11.8. The second-order valence-corrected chi connectivity index (χ2v) is 5.37. The highest BCUT2D eigenvalue weighted by atomic mass is 32.1. The van der Waals surface area contributed by atoms with E-state index in [0.717, 1.165) is 17.4 Å². The zero-order valence-corrected chi connectivity index (χ0v) is 12.3. The number of nitrogens with two attached hydrogens (primary N) is 1. The van der Waals surface area contributed by atoms with E-state index in [1.165, 1.54) is 26.2 Å². The maximum absolute atomic E-state index is 13.6. The van der Waals surface area contributed by atoms with E-state index < -0.39 is 11.6 Å². The first-order valence-corrected chi connectivity index (χ1v) is 6.90. The number of ketones is 1. The van der Waals surface area contributed by atoms with E-state index in [1.807, 2.05) is 0 Å². The lowest BCUT2D eigenvalue weighted by molar-refractivity contribution is 0.102. The first-order valence-electron chi connectivity index (χ1n) is 6.09. The van der Waals surface area contributed by atoms with Crippen molar-refractivity contribution in [2.75, 3.05) is 18.2 Å². The molecule has 0 spiro atoms. The molecule has 0 saturated carbocycles. The Labute approximate surface area is 124 Å². The zero-order valence-electron chi connectivity index (χ0n) is 11.5. The predicted molar refractivity (Wildman–Crippen MR) is 79.0 cm³/mol. The Hall–Kier alpha value is -2.15. The number of nitrogens with one attached hydrogen (secondary N) is 1. The molecule has 21 heavy (non-hydrogen) atoms. The van der Waals surface area contributed by atoms with Gasteiger partial charge in [-0.25, -0.2) is 8.78 Å². The quantitative estimate of drug-likeness (QED) is 0.830. The van der Waals surface area contributed by atoms with Gasteiger partial charge in [0.2, 0.25) is 0 Å². The molecule has 7 heteroatoms. The number of anilines is 2. The van der Waals surface area contributed by atoms with Gasteiger partial charge in [-0.3, -0.25) is 4.79 Å². The average molecular weight is 312 g/mol. The fraction of sp³-hybridized carbons (Fsp3) is 0.214. The van der Waals surface area contributed by atoms with Crippen LogP contribution in [0.2, 0.25) is 0 Å². The number of thiophene rings is 1. The molecule has 0 atom stereocenters. The van der Waals surface area contributed by atoms with Crippen molar-refractivity contribution < 1.29 is 18.3 Å². The summed E-state index contributed by atoms with van der Waals surface area (Å²) in [5.74, 6) is -1.09. The topological polar surface area (TPSA) is 64.3 Å². The highest BCUT2D eigenvalue weighted by Gasteiger charge is 2.19. The lowest BCUT2D eigenvalue weighted by atomic mass is 10.2. The molecule has 2 aromatic rings. The van der Waals surface area contributed by atoms with Crippen molar-refractivity contribution in [3.8, 4) is 5.75 Å². The molecule has 3 N–H and O–H groups in total. The number of halogens is 2. The number of hydrogen-bond acceptors (Lipinski definition) is 5. The minimum absolute atomic E-state index is 0.125. The van der Waals surface area contributed by atoms with Crippen LogP contribution in [0.5, 0.6) is 5.75 Å². The van der Waals surface area contributed by atoms with E-state index in [1.54, 1.807) is 0 Å². The molecule has 0 aliphatic carbocycles. The van der Waals surface area contributed by atoms with Crippen LogP contribution in [0.1, 0.15) is 22.2 Å². The van der Waals surface area contributed by atoms with Crippen molar-refractivity contribution in [3.63, 3.8) is 0 Å². The summed E-state index contributed by atoms with van der Waals surface area (Å²) in [5, 5.41) is 3.49. The van der Waals surface area contributed by atoms with Gasteiger partial charge in [0.25, 0.3) is 0 Å². The average Bonchev–Trinajstić information content (AvgIpc) is 2.74. The number of nitrogen functional groups attached to an aromatic ring is 1. The SMILES string of the molecule is COc1c(NCc2ccc(F)cc2F)sc(C(C)=O)c1N. The molecular formula is C14H14F2N2O2S. The number of hydrogen-bond donors (Lipinski definition) is 2. The Morgan fingerprint density at radius 3 is 2.71 bits per heavy atom. The Kier molecular flexibility index (Phi) is 4.42. The van der Waals surface area contributed by atoms with E-state index in [4.69, 9.17) is 10.5 Å². The Morgan fingerprint density at radius 2 is 2.14 bits per heavy atom. The molecule has 0 aliphatic rings. The second-order valence-electron chi connectivity index (χ2n) is 4.35. The number of methoxy groups -OCH3 is 1. The number of ether oxygens (including phenoxy) is 1. The van der Waals surface area contributed by atoms with Gasteiger partial charge < -0.3 is 15.8 Å². The summed E-state index contributed by atoms with van der Waals surface area (Å²) in [6.07, 6.45) is 0. The third-order valence-corrected chi connectivity index (χ3v) is 4.12. The van der Waals surface area contributed by atoms with Crippen LogP contribution in [-0.2, 0) is 6.54 Å². The van der Waals surface area contributed by atoms with Crippen LogP contribution < -0.4 is 15.8 Å². The van der Waals surface area contributed by atoms with Crippen LogP contribution in [-0.4, -0.2) is 12.9 Å². The molecule has 1 aromatic carbocycles. The summed E-state index contributed by atoms with van der Waals surface area (Å²) in [6, 6.07) is 3.35. The molecule has 0 saturated heterocycles. The van der Waals surface area contributed by atoms with E-state index in [2.05, 4.69) is 5.32 Å². The van der Waals surface area contributed by atoms with Gasteiger partial charge in [0.05, 0.1) is 17.7 Å². The summed E-state index contributed by atoms with van der Waals surface area (Å²) in [6.45, 7) is 1.53. The van der Waals surface area contributed by atoms with Crippen molar-refractivity contribution in [2.45, 2.75) is 13.5 Å². The van der Waals surface area contributed by atoms with Gasteiger partial charge in [0.15, 0.2) is 11.5 Å². The molecule has 0 aliphatic heterocycles. The Morgan fingerprint density at radius 1 is 1.43 bits per heavy atom. The molecule has 0 bridgehead atoms. The van der Waals surface area contributed by atoms with Crippen LogP contribution in [0, 0.1) is 11.6 Å². The lowest BCUT2D eigenvalue weighted by Crippen LogP contribution is -2.02. The number of benzene rings is 1.